The molecule has 0 spiro atoms. The second-order valence-corrected chi connectivity index (χ2v) is 4.74. The number of nitriles is 1. The molecule has 1 atom stereocenters. The minimum atomic E-state index is -0.529. The van der Waals surface area contributed by atoms with Crippen LogP contribution in [0.3, 0.4) is 0 Å². The Balaban J connectivity index is 2.21. The molecule has 0 amide bonds. The van der Waals surface area contributed by atoms with Crippen LogP contribution in [-0.4, -0.2) is 30.7 Å². The molecule has 1 aromatic carbocycles. The number of likely N-dealkylation sites (N-methyl/N-ethyl adjacent to an activating group) is 1. The van der Waals surface area contributed by atoms with Crippen molar-refractivity contribution in [3.8, 4) is 6.07 Å². The molecule has 106 valence electrons. The summed E-state index contributed by atoms with van der Waals surface area (Å²) in [6.07, 6.45) is 2.32. The second kappa shape index (κ2) is 6.35. The fourth-order valence-corrected chi connectivity index (χ4v) is 2.42. The van der Waals surface area contributed by atoms with E-state index in [-0.39, 0.29) is 17.4 Å². The Morgan fingerprint density at radius 1 is 1.60 bits per heavy atom. The van der Waals surface area contributed by atoms with Gasteiger partial charge in [0.05, 0.1) is 11.0 Å². The van der Waals surface area contributed by atoms with Gasteiger partial charge >= 0.3 is 0 Å². The van der Waals surface area contributed by atoms with Gasteiger partial charge in [-0.3, -0.25) is 10.1 Å². The molecular weight excluding hydrogens is 258 g/mol. The Bertz CT molecular complexity index is 533. The fraction of sp³-hybridized carbons (Fsp3) is 0.500. The van der Waals surface area contributed by atoms with Crippen LogP contribution in [0.25, 0.3) is 0 Å². The van der Waals surface area contributed by atoms with Gasteiger partial charge in [0.2, 0.25) is 0 Å². The normalized spacial score (nSPS) is 17.7. The van der Waals surface area contributed by atoms with Crippen molar-refractivity contribution in [2.75, 3.05) is 24.6 Å². The molecule has 1 heterocycles. The van der Waals surface area contributed by atoms with E-state index < -0.39 is 4.92 Å². The van der Waals surface area contributed by atoms with Crippen LogP contribution in [0.4, 0.5) is 11.4 Å². The summed E-state index contributed by atoms with van der Waals surface area (Å²) in [5, 5.41) is 19.9. The Morgan fingerprint density at radius 2 is 2.40 bits per heavy atom. The van der Waals surface area contributed by atoms with Gasteiger partial charge in [0.15, 0.2) is 0 Å². The average molecular weight is 275 g/mol. The highest BCUT2D eigenvalue weighted by Crippen LogP contribution is 2.25. The predicted molar refractivity (Wildman–Crippen MR) is 74.7 cm³/mol. The van der Waals surface area contributed by atoms with Crippen LogP contribution >= 0.6 is 0 Å². The van der Waals surface area contributed by atoms with Crippen molar-refractivity contribution in [1.29, 1.82) is 5.26 Å². The molecule has 6 nitrogen and oxygen atoms in total. The van der Waals surface area contributed by atoms with Crippen molar-refractivity contribution >= 4 is 11.4 Å². The second-order valence-electron chi connectivity index (χ2n) is 4.74. The minimum absolute atomic E-state index is 0.0956. The Kier molecular flexibility index (Phi) is 4.53. The zero-order valence-corrected chi connectivity index (χ0v) is 11.4. The highest BCUT2D eigenvalue weighted by atomic mass is 16.6. The highest BCUT2D eigenvalue weighted by molar-refractivity contribution is 5.59. The number of nitro groups is 1. The first-order chi connectivity index (χ1) is 9.65. The first-order valence-corrected chi connectivity index (χ1v) is 6.70. The van der Waals surface area contributed by atoms with Crippen LogP contribution in [0.5, 0.6) is 0 Å². The summed E-state index contributed by atoms with van der Waals surface area (Å²) >= 11 is 0. The van der Waals surface area contributed by atoms with Gasteiger partial charge < -0.3 is 9.64 Å². The molecule has 1 aromatic rings. The van der Waals surface area contributed by atoms with Gasteiger partial charge in [-0.2, -0.15) is 5.26 Å². The predicted octanol–water partition coefficient (Wildman–Crippen LogP) is 2.47. The van der Waals surface area contributed by atoms with E-state index in [1.165, 1.54) is 6.07 Å². The molecule has 1 unspecified atom stereocenters. The van der Waals surface area contributed by atoms with E-state index in [1.54, 1.807) is 12.1 Å². The average Bonchev–Trinajstić information content (AvgIpc) is 2.96. The number of nitro benzene ring substituents is 1. The molecule has 20 heavy (non-hydrogen) atoms. The van der Waals surface area contributed by atoms with Crippen molar-refractivity contribution in [3.63, 3.8) is 0 Å². The molecule has 0 N–H and O–H groups in total. The molecule has 1 fully saturated rings. The maximum Gasteiger partial charge on any atom is 0.287 e. The van der Waals surface area contributed by atoms with Crippen LogP contribution in [0, 0.1) is 21.4 Å². The van der Waals surface area contributed by atoms with E-state index in [4.69, 9.17) is 10.00 Å². The van der Waals surface area contributed by atoms with Crippen LogP contribution in [0.1, 0.15) is 25.3 Å². The molecule has 0 aromatic heterocycles. The number of hydrogen-bond donors (Lipinski definition) is 0. The molecule has 1 aliphatic rings. The first kappa shape index (κ1) is 14.3. The molecule has 6 heteroatoms. The summed E-state index contributed by atoms with van der Waals surface area (Å²) < 4.78 is 5.61. The third-order valence-electron chi connectivity index (χ3n) is 3.49. The van der Waals surface area contributed by atoms with E-state index in [1.807, 2.05) is 13.0 Å². The monoisotopic (exact) mass is 275 g/mol. The van der Waals surface area contributed by atoms with Crippen molar-refractivity contribution in [2.24, 2.45) is 0 Å². The number of hydrogen-bond acceptors (Lipinski definition) is 5. The van der Waals surface area contributed by atoms with Crippen molar-refractivity contribution in [2.45, 2.75) is 25.9 Å². The molecule has 1 saturated heterocycles. The molecule has 2 rings (SSSR count). The largest absolute Gasteiger partial charge is 0.376 e. The molecule has 0 aliphatic carbocycles. The van der Waals surface area contributed by atoms with Crippen molar-refractivity contribution in [3.05, 3.63) is 33.9 Å². The maximum absolute atomic E-state index is 10.8. The summed E-state index contributed by atoms with van der Waals surface area (Å²) in [5.41, 5.74) is 0.771. The number of ether oxygens (including phenoxy) is 1. The summed E-state index contributed by atoms with van der Waals surface area (Å²) in [6, 6.07) is 6.56. The molecule has 0 saturated carbocycles. The molecule has 0 bridgehead atoms. The fourth-order valence-electron chi connectivity index (χ4n) is 2.42. The van der Waals surface area contributed by atoms with Gasteiger partial charge in [-0.05, 0) is 31.9 Å². The van der Waals surface area contributed by atoms with E-state index in [9.17, 15) is 10.1 Å². The topological polar surface area (TPSA) is 79.4 Å². The lowest BCUT2D eigenvalue weighted by Crippen LogP contribution is -2.32. The van der Waals surface area contributed by atoms with Crippen molar-refractivity contribution < 1.29 is 9.66 Å². The number of benzene rings is 1. The Labute approximate surface area is 117 Å². The standard InChI is InChI=1S/C14H17N3O3/c1-2-16(10-13-4-3-7-20-13)12-5-6-14(17(18)19)11(8-12)9-15/h5-6,8,13H,2-4,7,10H2,1H3. The summed E-state index contributed by atoms with van der Waals surface area (Å²) in [7, 11) is 0. The van der Waals surface area contributed by atoms with E-state index in [2.05, 4.69) is 4.90 Å². The highest BCUT2D eigenvalue weighted by Gasteiger charge is 2.20. The molecule has 1 aliphatic heterocycles. The lowest BCUT2D eigenvalue weighted by Gasteiger charge is -2.26. The minimum Gasteiger partial charge on any atom is -0.376 e. The van der Waals surface area contributed by atoms with Gasteiger partial charge in [0, 0.05) is 31.5 Å². The lowest BCUT2D eigenvalue weighted by atomic mass is 10.1. The maximum atomic E-state index is 10.8. The lowest BCUT2D eigenvalue weighted by molar-refractivity contribution is -0.385. The summed E-state index contributed by atoms with van der Waals surface area (Å²) in [5.74, 6) is 0. The third kappa shape index (κ3) is 3.06. The quantitative estimate of drug-likeness (QED) is 0.609. The van der Waals surface area contributed by atoms with E-state index in [0.717, 1.165) is 38.2 Å². The SMILES string of the molecule is CCN(CC1CCCO1)c1ccc([N+](=O)[O-])c(C#N)c1. The van der Waals surface area contributed by atoms with Crippen LogP contribution in [-0.2, 0) is 4.74 Å². The van der Waals surface area contributed by atoms with Crippen molar-refractivity contribution in [1.82, 2.24) is 0 Å². The Hall–Kier alpha value is -2.13. The molecule has 0 radical (unpaired) electrons. The van der Waals surface area contributed by atoms with Crippen LogP contribution < -0.4 is 4.90 Å². The van der Waals surface area contributed by atoms with Gasteiger partial charge in [-0.15, -0.1) is 0 Å². The third-order valence-corrected chi connectivity index (χ3v) is 3.49. The van der Waals surface area contributed by atoms with Gasteiger partial charge in [0.25, 0.3) is 5.69 Å². The van der Waals surface area contributed by atoms with E-state index >= 15 is 0 Å². The number of rotatable bonds is 5. The summed E-state index contributed by atoms with van der Waals surface area (Å²) in [4.78, 5) is 12.4. The van der Waals surface area contributed by atoms with Gasteiger partial charge in [-0.1, -0.05) is 0 Å². The van der Waals surface area contributed by atoms with E-state index in [0.29, 0.717) is 0 Å². The molecular formula is C14H17N3O3. The zero-order chi connectivity index (χ0) is 14.5. The first-order valence-electron chi connectivity index (χ1n) is 6.70. The zero-order valence-electron chi connectivity index (χ0n) is 11.4. The Morgan fingerprint density at radius 3 is 2.95 bits per heavy atom. The van der Waals surface area contributed by atoms with Crippen LogP contribution in [0.15, 0.2) is 18.2 Å². The van der Waals surface area contributed by atoms with Gasteiger partial charge in [0.1, 0.15) is 11.6 Å². The number of nitrogens with zero attached hydrogens (tertiary/aromatic N) is 3. The van der Waals surface area contributed by atoms with Crippen LogP contribution in [0.2, 0.25) is 0 Å². The summed E-state index contributed by atoms with van der Waals surface area (Å²) in [6.45, 7) is 4.33. The van der Waals surface area contributed by atoms with Gasteiger partial charge in [-0.25, -0.2) is 0 Å². The smallest absolute Gasteiger partial charge is 0.287 e. The number of anilines is 1.